The Morgan fingerprint density at radius 2 is 2.54 bits per heavy atom. The van der Waals surface area contributed by atoms with E-state index >= 15 is 0 Å². The van der Waals surface area contributed by atoms with Gasteiger partial charge in [-0.1, -0.05) is 5.92 Å². The summed E-state index contributed by atoms with van der Waals surface area (Å²) in [4.78, 5) is 0. The zero-order valence-electron chi connectivity index (χ0n) is 7.53. The lowest BCUT2D eigenvalue weighted by molar-refractivity contribution is 0.174. The topological polar surface area (TPSA) is 32.3 Å². The van der Waals surface area contributed by atoms with Gasteiger partial charge in [-0.05, 0) is 29.3 Å². The van der Waals surface area contributed by atoms with Gasteiger partial charge in [0.1, 0.15) is 0 Å². The molecular formula is C10H13NOS. The number of thiophene rings is 1. The highest BCUT2D eigenvalue weighted by molar-refractivity contribution is 7.07. The van der Waals surface area contributed by atoms with Crippen LogP contribution in [0.25, 0.3) is 0 Å². The summed E-state index contributed by atoms with van der Waals surface area (Å²) in [6.07, 6.45) is 4.73. The molecule has 3 heteroatoms. The first-order chi connectivity index (χ1) is 6.24. The van der Waals surface area contributed by atoms with E-state index in [2.05, 4.69) is 11.2 Å². The van der Waals surface area contributed by atoms with Crippen molar-refractivity contribution in [1.29, 1.82) is 0 Å². The Morgan fingerprint density at radius 3 is 3.08 bits per heavy atom. The first-order valence-corrected chi connectivity index (χ1v) is 5.08. The number of hydrogen-bond acceptors (Lipinski definition) is 3. The molecule has 0 aliphatic heterocycles. The molecule has 0 spiro atoms. The van der Waals surface area contributed by atoms with Crippen LogP contribution >= 0.6 is 11.3 Å². The quantitative estimate of drug-likeness (QED) is 0.712. The Balaban J connectivity index is 2.35. The molecule has 70 valence electrons. The summed E-state index contributed by atoms with van der Waals surface area (Å²) in [6.45, 7) is 2.39. The molecule has 0 aliphatic carbocycles. The van der Waals surface area contributed by atoms with Crippen molar-refractivity contribution in [2.45, 2.75) is 19.1 Å². The minimum Gasteiger partial charge on any atom is -0.387 e. The smallest absolute Gasteiger partial charge is 0.0922 e. The van der Waals surface area contributed by atoms with E-state index in [9.17, 15) is 5.11 Å². The molecule has 0 aliphatic rings. The van der Waals surface area contributed by atoms with Gasteiger partial charge in [-0.25, -0.2) is 0 Å². The van der Waals surface area contributed by atoms with Crippen LogP contribution in [0, 0.1) is 12.3 Å². The fourth-order valence-corrected chi connectivity index (χ4v) is 1.64. The molecule has 0 aromatic carbocycles. The summed E-state index contributed by atoms with van der Waals surface area (Å²) in [5.74, 6) is 2.55. The van der Waals surface area contributed by atoms with Crippen molar-refractivity contribution in [1.82, 2.24) is 5.32 Å². The highest BCUT2D eigenvalue weighted by atomic mass is 32.1. The largest absolute Gasteiger partial charge is 0.387 e. The first kappa shape index (κ1) is 10.3. The molecule has 0 saturated heterocycles. The number of nitrogens with one attached hydrogen (secondary N) is 1. The van der Waals surface area contributed by atoms with Gasteiger partial charge in [-0.15, -0.1) is 6.42 Å². The Bertz CT molecular complexity index is 276. The van der Waals surface area contributed by atoms with Crippen LogP contribution in [0.1, 0.15) is 18.6 Å². The van der Waals surface area contributed by atoms with E-state index in [0.717, 1.165) is 5.56 Å². The van der Waals surface area contributed by atoms with Gasteiger partial charge in [0.05, 0.1) is 12.1 Å². The molecule has 0 fully saturated rings. The predicted molar refractivity (Wildman–Crippen MR) is 55.6 cm³/mol. The first-order valence-electron chi connectivity index (χ1n) is 4.13. The average Bonchev–Trinajstić information content (AvgIpc) is 2.66. The lowest BCUT2D eigenvalue weighted by atomic mass is 10.2. The summed E-state index contributed by atoms with van der Waals surface area (Å²) < 4.78 is 0. The average molecular weight is 195 g/mol. The summed E-state index contributed by atoms with van der Waals surface area (Å²) >= 11 is 1.58. The van der Waals surface area contributed by atoms with E-state index in [0.29, 0.717) is 6.54 Å². The molecule has 2 N–H and O–H groups in total. The van der Waals surface area contributed by atoms with Gasteiger partial charge in [0.2, 0.25) is 0 Å². The second-order valence-electron chi connectivity index (χ2n) is 2.87. The second-order valence-corrected chi connectivity index (χ2v) is 3.65. The fourth-order valence-electron chi connectivity index (χ4n) is 0.930. The van der Waals surface area contributed by atoms with Gasteiger partial charge < -0.3 is 10.4 Å². The highest BCUT2D eigenvalue weighted by Crippen LogP contribution is 2.14. The Labute approximate surface area is 82.6 Å². The predicted octanol–water partition coefficient (Wildman–Crippen LogP) is 1.39. The minimum atomic E-state index is -0.456. The molecule has 2 atom stereocenters. The lowest BCUT2D eigenvalue weighted by Crippen LogP contribution is -2.28. The SMILES string of the molecule is C#CC(C)NCC(O)c1ccsc1. The number of aliphatic hydroxyl groups is 1. The maximum atomic E-state index is 9.63. The van der Waals surface area contributed by atoms with Gasteiger partial charge in [-0.3, -0.25) is 0 Å². The van der Waals surface area contributed by atoms with Gasteiger partial charge in [0, 0.05) is 6.54 Å². The monoisotopic (exact) mass is 195 g/mol. The molecule has 1 heterocycles. The van der Waals surface area contributed by atoms with Crippen molar-refractivity contribution >= 4 is 11.3 Å². The zero-order valence-corrected chi connectivity index (χ0v) is 8.34. The van der Waals surface area contributed by atoms with Crippen LogP contribution in [-0.4, -0.2) is 17.7 Å². The molecule has 0 saturated carbocycles. The van der Waals surface area contributed by atoms with E-state index in [1.807, 2.05) is 23.8 Å². The van der Waals surface area contributed by atoms with E-state index in [4.69, 9.17) is 6.42 Å². The number of rotatable bonds is 4. The van der Waals surface area contributed by atoms with Crippen LogP contribution in [0.3, 0.4) is 0 Å². The number of terminal acetylenes is 1. The third kappa shape index (κ3) is 3.19. The van der Waals surface area contributed by atoms with E-state index < -0.39 is 6.10 Å². The third-order valence-corrected chi connectivity index (χ3v) is 2.50. The maximum Gasteiger partial charge on any atom is 0.0922 e. The van der Waals surface area contributed by atoms with Crippen molar-refractivity contribution in [3.05, 3.63) is 22.4 Å². The highest BCUT2D eigenvalue weighted by Gasteiger charge is 2.07. The van der Waals surface area contributed by atoms with E-state index in [1.165, 1.54) is 0 Å². The van der Waals surface area contributed by atoms with Crippen molar-refractivity contribution in [2.24, 2.45) is 0 Å². The molecule has 1 aromatic heterocycles. The normalized spacial score (nSPS) is 14.8. The summed E-state index contributed by atoms with van der Waals surface area (Å²) in [5.41, 5.74) is 0.946. The van der Waals surface area contributed by atoms with E-state index in [1.54, 1.807) is 11.3 Å². The molecule has 2 unspecified atom stereocenters. The van der Waals surface area contributed by atoms with Crippen LogP contribution in [-0.2, 0) is 0 Å². The lowest BCUT2D eigenvalue weighted by Gasteiger charge is -2.12. The van der Waals surface area contributed by atoms with Crippen molar-refractivity contribution in [3.8, 4) is 12.3 Å². The Hall–Kier alpha value is -0.820. The molecule has 0 bridgehead atoms. The summed E-state index contributed by atoms with van der Waals surface area (Å²) in [6, 6.07) is 1.92. The van der Waals surface area contributed by atoms with Gasteiger partial charge in [0.15, 0.2) is 0 Å². The van der Waals surface area contributed by atoms with Gasteiger partial charge >= 0.3 is 0 Å². The third-order valence-electron chi connectivity index (χ3n) is 1.80. The molecule has 0 radical (unpaired) electrons. The zero-order chi connectivity index (χ0) is 9.68. The molecule has 2 nitrogen and oxygen atoms in total. The van der Waals surface area contributed by atoms with Crippen molar-refractivity contribution in [2.75, 3.05) is 6.54 Å². The van der Waals surface area contributed by atoms with Crippen LogP contribution < -0.4 is 5.32 Å². The fraction of sp³-hybridized carbons (Fsp3) is 0.400. The summed E-state index contributed by atoms with van der Waals surface area (Å²) in [5, 5.41) is 16.6. The second kappa shape index (κ2) is 5.03. The summed E-state index contributed by atoms with van der Waals surface area (Å²) in [7, 11) is 0. The molecule has 13 heavy (non-hydrogen) atoms. The molecule has 1 rings (SSSR count). The van der Waals surface area contributed by atoms with Crippen molar-refractivity contribution < 1.29 is 5.11 Å². The van der Waals surface area contributed by atoms with Crippen LogP contribution in [0.15, 0.2) is 16.8 Å². The van der Waals surface area contributed by atoms with E-state index in [-0.39, 0.29) is 6.04 Å². The molecular weight excluding hydrogens is 182 g/mol. The van der Waals surface area contributed by atoms with Crippen LogP contribution in [0.5, 0.6) is 0 Å². The minimum absolute atomic E-state index is 0.00767. The van der Waals surface area contributed by atoms with Gasteiger partial charge in [-0.2, -0.15) is 11.3 Å². The van der Waals surface area contributed by atoms with Gasteiger partial charge in [0.25, 0.3) is 0 Å². The Morgan fingerprint density at radius 1 is 1.77 bits per heavy atom. The Kier molecular flexibility index (Phi) is 3.97. The van der Waals surface area contributed by atoms with Crippen LogP contribution in [0.2, 0.25) is 0 Å². The molecule has 1 aromatic rings. The maximum absolute atomic E-state index is 9.63. The van der Waals surface area contributed by atoms with Crippen LogP contribution in [0.4, 0.5) is 0 Å². The standard InChI is InChI=1S/C10H13NOS/c1-3-8(2)11-6-10(12)9-4-5-13-7-9/h1,4-5,7-8,10-12H,6H2,2H3. The number of hydrogen-bond donors (Lipinski definition) is 2. The number of aliphatic hydroxyl groups excluding tert-OH is 1. The van der Waals surface area contributed by atoms with Crippen molar-refractivity contribution in [3.63, 3.8) is 0 Å². The molecule has 0 amide bonds.